The molecule has 0 saturated carbocycles. The largest absolute Gasteiger partial charge is 0.147 e. The Morgan fingerprint density at radius 2 is 0.750 bits per heavy atom. The van der Waals surface area contributed by atoms with E-state index < -0.39 is 8.67 Å². The molecule has 0 amide bonds. The van der Waals surface area contributed by atoms with E-state index in [1.807, 2.05) is 65.8 Å². The van der Waals surface area contributed by atoms with Crippen LogP contribution in [-0.4, -0.2) is 0 Å². The fourth-order valence-electron chi connectivity index (χ4n) is 1.75. The second-order valence-corrected chi connectivity index (χ2v) is 9.88. The van der Waals surface area contributed by atoms with Gasteiger partial charge in [0.25, 0.3) is 0 Å². The van der Waals surface area contributed by atoms with E-state index in [0.29, 0.717) is 0 Å². The van der Waals surface area contributed by atoms with Crippen LogP contribution in [0.3, 0.4) is 0 Å². The first-order chi connectivity index (χ1) is 8.71. The minimum absolute atomic E-state index is 0.277. The predicted octanol–water partition coefficient (Wildman–Crippen LogP) is 7.04. The topological polar surface area (TPSA) is 0 Å². The summed E-state index contributed by atoms with van der Waals surface area (Å²) in [5, 5.41) is 0. The maximum Gasteiger partial charge on any atom is 0.147 e. The highest BCUT2D eigenvalue weighted by atomic mass is 35.5. The van der Waals surface area contributed by atoms with Gasteiger partial charge in [0.05, 0.1) is 0 Å². The van der Waals surface area contributed by atoms with Crippen molar-refractivity contribution in [2.24, 2.45) is 10.8 Å². The van der Waals surface area contributed by atoms with Gasteiger partial charge in [-0.25, -0.2) is 0 Å². The molecular weight excluding hydrogens is 334 g/mol. The molecule has 1 aromatic carbocycles. The number of hydrogen-bond donors (Lipinski definition) is 0. The van der Waals surface area contributed by atoms with Crippen LogP contribution < -0.4 is 0 Å². The molecule has 0 unspecified atom stereocenters. The lowest BCUT2D eigenvalue weighted by molar-refractivity contribution is 0.355. The standard InChI is InChI=1S/C16H22Cl4/c1-13(2,3)15(17,18)11-7-9-12(10-8-11)16(19,20)14(4,5)6/h7-10H,1-6H3. The van der Waals surface area contributed by atoms with Crippen molar-refractivity contribution < 1.29 is 0 Å². The highest BCUT2D eigenvalue weighted by molar-refractivity contribution is 6.49. The maximum atomic E-state index is 6.49. The van der Waals surface area contributed by atoms with Crippen molar-refractivity contribution >= 4 is 46.4 Å². The molecule has 0 atom stereocenters. The molecule has 0 bridgehead atoms. The van der Waals surface area contributed by atoms with Crippen LogP contribution >= 0.6 is 46.4 Å². The Bertz CT molecular complexity index is 414. The summed E-state index contributed by atoms with van der Waals surface area (Å²) < 4.78 is -1.93. The Balaban J connectivity index is 3.20. The van der Waals surface area contributed by atoms with Crippen LogP contribution in [0.25, 0.3) is 0 Å². The molecule has 0 saturated heterocycles. The Hall–Kier alpha value is 0.380. The van der Waals surface area contributed by atoms with Crippen LogP contribution in [0, 0.1) is 10.8 Å². The van der Waals surface area contributed by atoms with Gasteiger partial charge in [-0.05, 0) is 22.0 Å². The highest BCUT2D eigenvalue weighted by Gasteiger charge is 2.42. The Kier molecular flexibility index (Phi) is 5.10. The van der Waals surface area contributed by atoms with E-state index in [1.54, 1.807) is 0 Å². The molecule has 114 valence electrons. The van der Waals surface area contributed by atoms with Crippen molar-refractivity contribution in [3.8, 4) is 0 Å². The van der Waals surface area contributed by atoms with E-state index >= 15 is 0 Å². The van der Waals surface area contributed by atoms with E-state index in [-0.39, 0.29) is 10.8 Å². The summed E-state index contributed by atoms with van der Waals surface area (Å²) in [6.45, 7) is 12.0. The van der Waals surface area contributed by atoms with Crippen molar-refractivity contribution in [3.05, 3.63) is 35.4 Å². The maximum absolute atomic E-state index is 6.49. The number of hydrogen-bond acceptors (Lipinski definition) is 0. The molecule has 0 N–H and O–H groups in total. The quantitative estimate of drug-likeness (QED) is 0.499. The van der Waals surface area contributed by atoms with Gasteiger partial charge in [-0.1, -0.05) is 112 Å². The van der Waals surface area contributed by atoms with E-state index in [9.17, 15) is 0 Å². The number of benzene rings is 1. The zero-order valence-corrected chi connectivity index (χ0v) is 15.8. The van der Waals surface area contributed by atoms with Crippen molar-refractivity contribution in [3.63, 3.8) is 0 Å². The van der Waals surface area contributed by atoms with Crippen molar-refractivity contribution in [1.82, 2.24) is 0 Å². The second-order valence-electron chi connectivity index (χ2n) is 7.23. The number of alkyl halides is 4. The van der Waals surface area contributed by atoms with Gasteiger partial charge in [-0.15, -0.1) is 0 Å². The number of rotatable bonds is 2. The van der Waals surface area contributed by atoms with Crippen molar-refractivity contribution in [2.75, 3.05) is 0 Å². The van der Waals surface area contributed by atoms with Crippen LogP contribution in [-0.2, 0) is 8.67 Å². The van der Waals surface area contributed by atoms with Gasteiger partial charge in [0.15, 0.2) is 0 Å². The summed E-state index contributed by atoms with van der Waals surface area (Å²) in [4.78, 5) is 0. The predicted molar refractivity (Wildman–Crippen MR) is 92.1 cm³/mol. The normalized spacial score (nSPS) is 14.5. The van der Waals surface area contributed by atoms with Crippen LogP contribution in [0.1, 0.15) is 52.7 Å². The van der Waals surface area contributed by atoms with Crippen LogP contribution in [0.4, 0.5) is 0 Å². The van der Waals surface area contributed by atoms with Gasteiger partial charge in [-0.3, -0.25) is 0 Å². The monoisotopic (exact) mass is 354 g/mol. The first-order valence-electron chi connectivity index (χ1n) is 6.58. The molecule has 1 rings (SSSR count). The van der Waals surface area contributed by atoms with Gasteiger partial charge >= 0.3 is 0 Å². The average Bonchev–Trinajstić information content (AvgIpc) is 2.26. The smallest absolute Gasteiger partial charge is 0.0957 e. The van der Waals surface area contributed by atoms with E-state index in [2.05, 4.69) is 0 Å². The summed E-state index contributed by atoms with van der Waals surface area (Å²) in [5.41, 5.74) is 1.13. The fraction of sp³-hybridized carbons (Fsp3) is 0.625. The van der Waals surface area contributed by atoms with Gasteiger partial charge in [0.1, 0.15) is 8.67 Å². The zero-order chi connectivity index (χ0) is 16.0. The fourth-order valence-corrected chi connectivity index (χ4v) is 2.26. The van der Waals surface area contributed by atoms with Crippen molar-refractivity contribution in [2.45, 2.75) is 50.2 Å². The lowest BCUT2D eigenvalue weighted by Crippen LogP contribution is -2.30. The minimum Gasteiger partial charge on any atom is -0.0957 e. The average molecular weight is 356 g/mol. The molecule has 4 heteroatoms. The summed E-state index contributed by atoms with van der Waals surface area (Å²) in [7, 11) is 0. The molecule has 0 aliphatic heterocycles. The molecule has 0 aliphatic rings. The summed E-state index contributed by atoms with van der Waals surface area (Å²) in [5.74, 6) is 0. The SMILES string of the molecule is CC(C)(C)C(Cl)(Cl)c1ccc(C(Cl)(Cl)C(C)(C)C)cc1. The van der Waals surface area contributed by atoms with Gasteiger partial charge in [-0.2, -0.15) is 0 Å². The molecule has 0 nitrogen and oxygen atoms in total. The zero-order valence-electron chi connectivity index (χ0n) is 12.8. The molecule has 20 heavy (non-hydrogen) atoms. The van der Waals surface area contributed by atoms with Gasteiger partial charge in [0.2, 0.25) is 0 Å². The molecule has 1 aromatic rings. The third kappa shape index (κ3) is 3.40. The Labute approximate surface area is 142 Å². The molecule has 0 fully saturated rings. The van der Waals surface area contributed by atoms with Gasteiger partial charge in [0, 0.05) is 0 Å². The number of halogens is 4. The van der Waals surface area contributed by atoms with E-state index in [4.69, 9.17) is 46.4 Å². The molecule has 0 aromatic heterocycles. The molecule has 0 aliphatic carbocycles. The van der Waals surface area contributed by atoms with Crippen LogP contribution in [0.15, 0.2) is 24.3 Å². The highest BCUT2D eigenvalue weighted by Crippen LogP contribution is 2.51. The molecule has 0 radical (unpaired) electrons. The lowest BCUT2D eigenvalue weighted by atomic mass is 9.84. The molecule has 0 spiro atoms. The van der Waals surface area contributed by atoms with Crippen LogP contribution in [0.5, 0.6) is 0 Å². The Morgan fingerprint density at radius 1 is 0.550 bits per heavy atom. The third-order valence-corrected chi connectivity index (χ3v) is 6.63. The third-order valence-electron chi connectivity index (χ3n) is 3.49. The summed E-state index contributed by atoms with van der Waals surface area (Å²) in [6.07, 6.45) is 0. The summed E-state index contributed by atoms with van der Waals surface area (Å²) in [6, 6.07) is 7.58. The van der Waals surface area contributed by atoms with E-state index in [0.717, 1.165) is 11.1 Å². The minimum atomic E-state index is -0.964. The first kappa shape index (κ1) is 18.4. The molecular formula is C16H22Cl4. The lowest BCUT2D eigenvalue weighted by Gasteiger charge is -2.36. The van der Waals surface area contributed by atoms with Crippen molar-refractivity contribution in [1.29, 1.82) is 0 Å². The van der Waals surface area contributed by atoms with E-state index in [1.165, 1.54) is 0 Å². The van der Waals surface area contributed by atoms with Crippen LogP contribution in [0.2, 0.25) is 0 Å². The first-order valence-corrected chi connectivity index (χ1v) is 8.09. The Morgan fingerprint density at radius 3 is 0.900 bits per heavy atom. The second kappa shape index (κ2) is 5.54. The van der Waals surface area contributed by atoms with Gasteiger partial charge < -0.3 is 0 Å². The molecule has 0 heterocycles. The summed E-state index contributed by atoms with van der Waals surface area (Å²) >= 11 is 26.0.